The van der Waals surface area contributed by atoms with E-state index in [-0.39, 0.29) is 0 Å². The highest BCUT2D eigenvalue weighted by molar-refractivity contribution is 7.10. The fraction of sp³-hybridized carbons (Fsp3) is 0.350. The van der Waals surface area contributed by atoms with E-state index >= 15 is 0 Å². The number of hydrogen-bond acceptors (Lipinski definition) is 14. The smallest absolute Gasteiger partial charge is 0.213 e. The normalized spacial score (nSPS) is 15.0. The minimum atomic E-state index is 0.660. The molecule has 2 saturated heterocycles. The van der Waals surface area contributed by atoms with Crippen LogP contribution < -0.4 is 19.3 Å². The molecule has 2 aromatic carbocycles. The van der Waals surface area contributed by atoms with Crippen LogP contribution in [-0.4, -0.2) is 118 Å². The summed E-state index contributed by atoms with van der Waals surface area (Å²) in [5.74, 6) is 2.87. The van der Waals surface area contributed by atoms with Crippen LogP contribution in [0.5, 0.6) is 11.8 Å². The van der Waals surface area contributed by atoms with E-state index in [0.29, 0.717) is 11.8 Å². The minimum absolute atomic E-state index is 0.660. The van der Waals surface area contributed by atoms with Gasteiger partial charge < -0.3 is 19.3 Å². The van der Waals surface area contributed by atoms with Crippen molar-refractivity contribution >= 4 is 56.5 Å². The molecule has 0 aliphatic carbocycles. The molecule has 2 aliphatic heterocycles. The van der Waals surface area contributed by atoms with Crippen LogP contribution in [0.4, 0.5) is 10.3 Å². The predicted molar refractivity (Wildman–Crippen MR) is 227 cm³/mol. The average molecular weight is 832 g/mol. The second-order valence-corrected chi connectivity index (χ2v) is 15.7. The van der Waals surface area contributed by atoms with Gasteiger partial charge >= 0.3 is 0 Å². The molecule has 0 N–H and O–H groups in total. The zero-order valence-electron chi connectivity index (χ0n) is 31.4. The molecule has 292 valence electrons. The number of rotatable bonds is 12. The molecule has 6 aromatic rings. The van der Waals surface area contributed by atoms with Crippen molar-refractivity contribution in [3.05, 3.63) is 106 Å². The first kappa shape index (κ1) is 39.8. The fourth-order valence-electron chi connectivity index (χ4n) is 6.42. The molecule has 56 heavy (non-hydrogen) atoms. The number of ether oxygens (including phenoxy) is 2. The van der Waals surface area contributed by atoms with Crippen LogP contribution in [0, 0.1) is 0 Å². The highest BCUT2D eigenvalue weighted by Gasteiger charge is 2.22. The van der Waals surface area contributed by atoms with Gasteiger partial charge in [0, 0.05) is 134 Å². The summed E-state index contributed by atoms with van der Waals surface area (Å²) in [7, 11) is 3.29. The summed E-state index contributed by atoms with van der Waals surface area (Å²) in [4.78, 5) is 27.5. The third-order valence-electron chi connectivity index (χ3n) is 9.77. The van der Waals surface area contributed by atoms with Gasteiger partial charge in [-0.05, 0) is 78.6 Å². The molecule has 0 atom stereocenters. The summed E-state index contributed by atoms with van der Waals surface area (Å²) in [6.45, 7) is 10.0. The molecule has 2 fully saturated rings. The third kappa shape index (κ3) is 10.9. The minimum Gasteiger partial charge on any atom is -0.481 e. The molecule has 0 saturated carbocycles. The summed E-state index contributed by atoms with van der Waals surface area (Å²) in [5.41, 5.74) is 4.49. The van der Waals surface area contributed by atoms with E-state index in [1.165, 1.54) is 34.2 Å². The van der Waals surface area contributed by atoms with Gasteiger partial charge in [-0.1, -0.05) is 29.3 Å². The van der Waals surface area contributed by atoms with E-state index in [0.717, 1.165) is 121 Å². The molecular weight excluding hydrogens is 788 g/mol. The summed E-state index contributed by atoms with van der Waals surface area (Å²) in [6.07, 6.45) is 5.70. The molecular formula is C40H44Cl2N10O2S2. The average Bonchev–Trinajstić information content (AvgIpc) is 3.95. The highest BCUT2D eigenvalue weighted by atomic mass is 35.5. The molecule has 0 unspecified atom stereocenters. The molecule has 0 spiro atoms. The van der Waals surface area contributed by atoms with E-state index in [1.54, 1.807) is 20.4 Å². The Morgan fingerprint density at radius 3 is 1.54 bits per heavy atom. The Labute approximate surface area is 346 Å². The molecule has 6 heterocycles. The number of aromatic nitrogens is 6. The molecule has 0 radical (unpaired) electrons. The number of benzene rings is 2. The van der Waals surface area contributed by atoms with E-state index in [4.69, 9.17) is 42.6 Å². The Balaban J connectivity index is 0.000000172. The van der Waals surface area contributed by atoms with E-state index in [9.17, 15) is 0 Å². The molecule has 4 aromatic heterocycles. The second-order valence-electron chi connectivity index (χ2n) is 13.4. The van der Waals surface area contributed by atoms with Crippen molar-refractivity contribution < 1.29 is 9.47 Å². The topological polar surface area (TPSA) is 109 Å². The lowest BCUT2D eigenvalue weighted by Gasteiger charge is -2.34. The number of nitrogens with zero attached hydrogens (tertiary/aromatic N) is 10. The van der Waals surface area contributed by atoms with Gasteiger partial charge in [0.05, 0.1) is 14.2 Å². The molecule has 0 amide bonds. The number of pyridine rings is 2. The second kappa shape index (κ2) is 19.6. The maximum Gasteiger partial charge on any atom is 0.213 e. The van der Waals surface area contributed by atoms with Crippen molar-refractivity contribution in [2.24, 2.45) is 0 Å². The summed E-state index contributed by atoms with van der Waals surface area (Å²) in [6, 6.07) is 23.4. The Kier molecular flexibility index (Phi) is 13.9. The maximum atomic E-state index is 5.96. The lowest BCUT2D eigenvalue weighted by atomic mass is 10.2. The van der Waals surface area contributed by atoms with Crippen molar-refractivity contribution in [2.75, 3.05) is 89.5 Å². The fourth-order valence-corrected chi connectivity index (χ4v) is 8.15. The first-order chi connectivity index (χ1) is 27.4. The van der Waals surface area contributed by atoms with Crippen molar-refractivity contribution in [2.45, 2.75) is 12.8 Å². The van der Waals surface area contributed by atoms with E-state index < -0.39 is 0 Å². The van der Waals surface area contributed by atoms with Crippen molar-refractivity contribution in [1.29, 1.82) is 0 Å². The molecule has 0 bridgehead atoms. The van der Waals surface area contributed by atoms with Gasteiger partial charge in [0.2, 0.25) is 22.0 Å². The van der Waals surface area contributed by atoms with Gasteiger partial charge in [0.1, 0.15) is 0 Å². The lowest BCUT2D eigenvalue weighted by Crippen LogP contribution is -2.47. The number of halogens is 2. The standard InChI is InChI=1S/2C20H22ClN5OS/c1-27-18-7-2-15(14-22-18)8-9-25-10-12-26(13-11-25)20-23-19(24-28-20)16-3-5-17(21)6-4-16;1-27-18-14-15(6-8-22-18)7-9-25-10-12-26(13-11-25)20-23-19(24-28-20)16-2-4-17(21)5-3-16/h2-7,14H,8-13H2,1H3;2-6,8,14H,7,9-13H2,1H3. The van der Waals surface area contributed by atoms with Gasteiger partial charge in [0.15, 0.2) is 11.6 Å². The van der Waals surface area contributed by atoms with Crippen LogP contribution in [0.15, 0.2) is 85.2 Å². The molecule has 8 rings (SSSR count). The molecule has 16 heteroatoms. The summed E-state index contributed by atoms with van der Waals surface area (Å²) >= 11 is 14.8. The van der Waals surface area contributed by atoms with Crippen molar-refractivity contribution in [1.82, 2.24) is 38.5 Å². The van der Waals surface area contributed by atoms with Crippen LogP contribution in [-0.2, 0) is 12.8 Å². The Hall–Kier alpha value is -4.44. The number of methoxy groups -OCH3 is 2. The monoisotopic (exact) mass is 830 g/mol. The zero-order valence-corrected chi connectivity index (χ0v) is 34.6. The third-order valence-corrected chi connectivity index (χ3v) is 11.8. The zero-order chi connectivity index (χ0) is 38.7. The Morgan fingerprint density at radius 1 is 0.571 bits per heavy atom. The first-order valence-electron chi connectivity index (χ1n) is 18.5. The van der Waals surface area contributed by atoms with Crippen LogP contribution in [0.2, 0.25) is 10.0 Å². The van der Waals surface area contributed by atoms with Crippen LogP contribution >= 0.6 is 46.3 Å². The number of anilines is 2. The van der Waals surface area contributed by atoms with Crippen LogP contribution in [0.25, 0.3) is 22.8 Å². The largest absolute Gasteiger partial charge is 0.481 e. The van der Waals surface area contributed by atoms with Crippen molar-refractivity contribution in [3.63, 3.8) is 0 Å². The number of piperazine rings is 2. The molecule has 2 aliphatic rings. The molecule has 12 nitrogen and oxygen atoms in total. The van der Waals surface area contributed by atoms with E-state index in [1.807, 2.05) is 66.9 Å². The number of hydrogen-bond donors (Lipinski definition) is 0. The van der Waals surface area contributed by atoms with Crippen LogP contribution in [0.1, 0.15) is 11.1 Å². The SMILES string of the molecule is COc1cc(CCN2CCN(c3nc(-c4ccc(Cl)cc4)ns3)CC2)ccn1.COc1ccc(CCN2CCN(c3nc(-c4ccc(Cl)cc4)ns3)CC2)cn1. The van der Waals surface area contributed by atoms with Gasteiger partial charge in [-0.2, -0.15) is 18.7 Å². The highest BCUT2D eigenvalue weighted by Crippen LogP contribution is 2.27. The quantitative estimate of drug-likeness (QED) is 0.124. The van der Waals surface area contributed by atoms with Gasteiger partial charge in [-0.25, -0.2) is 9.97 Å². The Bertz CT molecular complexity index is 2100. The van der Waals surface area contributed by atoms with Gasteiger partial charge in [-0.15, -0.1) is 0 Å². The predicted octanol–water partition coefficient (Wildman–Crippen LogP) is 7.25. The first-order valence-corrected chi connectivity index (χ1v) is 20.8. The van der Waals surface area contributed by atoms with Crippen molar-refractivity contribution in [3.8, 4) is 34.5 Å². The maximum absolute atomic E-state index is 5.96. The van der Waals surface area contributed by atoms with Gasteiger partial charge in [-0.3, -0.25) is 9.80 Å². The lowest BCUT2D eigenvalue weighted by molar-refractivity contribution is 0.261. The Morgan fingerprint density at radius 2 is 1.07 bits per heavy atom. The van der Waals surface area contributed by atoms with Gasteiger partial charge in [0.25, 0.3) is 0 Å². The summed E-state index contributed by atoms with van der Waals surface area (Å²) in [5, 5.41) is 3.42. The van der Waals surface area contributed by atoms with Crippen LogP contribution in [0.3, 0.4) is 0 Å². The summed E-state index contributed by atoms with van der Waals surface area (Å²) < 4.78 is 19.3. The van der Waals surface area contributed by atoms with E-state index in [2.05, 4.69) is 50.4 Å².